The number of hydrogen-bond acceptors (Lipinski definition) is 6. The van der Waals surface area contributed by atoms with E-state index < -0.39 is 0 Å². The first kappa shape index (κ1) is 16.3. The fourth-order valence-corrected chi connectivity index (χ4v) is 4.85. The highest BCUT2D eigenvalue weighted by atomic mass is 32.1. The Hall–Kier alpha value is -3.71. The summed E-state index contributed by atoms with van der Waals surface area (Å²) >= 11 is 1.78. The quantitative estimate of drug-likeness (QED) is 0.406. The molecule has 3 aromatic heterocycles. The summed E-state index contributed by atoms with van der Waals surface area (Å²) in [4.78, 5) is 17.7. The number of nitrogen functional groups attached to an aromatic ring is 1. The van der Waals surface area contributed by atoms with Crippen molar-refractivity contribution >= 4 is 55.6 Å². The highest BCUT2D eigenvalue weighted by molar-refractivity contribution is 7.21. The molecule has 6 rings (SSSR count). The summed E-state index contributed by atoms with van der Waals surface area (Å²) in [6.07, 6.45) is 1.83. The van der Waals surface area contributed by atoms with Crippen molar-refractivity contribution in [3.63, 3.8) is 0 Å². The SMILES string of the molecule is Nc1nc(Nc2ccc3c(c2)C(c2cc4ccccc4s2)=NC3)c2cc[nH]c2n1. The molecule has 0 atom stereocenters. The Kier molecular flexibility index (Phi) is 3.45. The molecule has 0 unspecified atom stereocenters. The standard InChI is InChI=1S/C22H16N6S/c23-22-27-20-15(7-8-24-20)21(28-22)26-14-6-5-13-11-25-19(16(13)10-14)18-9-12-3-1-2-4-17(12)29-18/h1-10H,11H2,(H4,23,24,26,27,28). The van der Waals surface area contributed by atoms with Crippen LogP contribution in [-0.4, -0.2) is 20.7 Å². The van der Waals surface area contributed by atoms with Crippen molar-refractivity contribution in [3.8, 4) is 0 Å². The number of fused-ring (bicyclic) bond motifs is 3. The zero-order valence-corrected chi connectivity index (χ0v) is 16.1. The number of nitrogens with two attached hydrogens (primary N) is 1. The number of aromatic amines is 1. The number of nitrogens with one attached hydrogen (secondary N) is 2. The molecule has 4 heterocycles. The van der Waals surface area contributed by atoms with E-state index in [1.807, 2.05) is 12.3 Å². The van der Waals surface area contributed by atoms with Gasteiger partial charge < -0.3 is 16.0 Å². The first-order valence-corrected chi connectivity index (χ1v) is 10.1. The summed E-state index contributed by atoms with van der Waals surface area (Å²) in [5, 5.41) is 5.55. The summed E-state index contributed by atoms with van der Waals surface area (Å²) in [7, 11) is 0. The lowest BCUT2D eigenvalue weighted by Crippen LogP contribution is -2.03. The summed E-state index contributed by atoms with van der Waals surface area (Å²) in [5.41, 5.74) is 11.0. The van der Waals surface area contributed by atoms with E-state index >= 15 is 0 Å². The van der Waals surface area contributed by atoms with Crippen LogP contribution in [-0.2, 0) is 6.54 Å². The number of aromatic nitrogens is 3. The molecule has 0 bridgehead atoms. The lowest BCUT2D eigenvalue weighted by atomic mass is 10.0. The van der Waals surface area contributed by atoms with Gasteiger partial charge in [0.2, 0.25) is 5.95 Å². The van der Waals surface area contributed by atoms with Gasteiger partial charge in [0.15, 0.2) is 0 Å². The van der Waals surface area contributed by atoms with Gasteiger partial charge >= 0.3 is 0 Å². The van der Waals surface area contributed by atoms with Crippen LogP contribution in [0.3, 0.4) is 0 Å². The van der Waals surface area contributed by atoms with E-state index in [1.54, 1.807) is 11.3 Å². The summed E-state index contributed by atoms with van der Waals surface area (Å²) < 4.78 is 1.28. The monoisotopic (exact) mass is 396 g/mol. The number of benzene rings is 2. The minimum Gasteiger partial charge on any atom is -0.368 e. The molecule has 0 spiro atoms. The molecule has 0 fully saturated rings. The summed E-state index contributed by atoms with van der Waals surface area (Å²) in [6, 6.07) is 18.9. The molecule has 140 valence electrons. The summed E-state index contributed by atoms with van der Waals surface area (Å²) in [5.74, 6) is 0.920. The topological polar surface area (TPSA) is 92.0 Å². The zero-order valence-electron chi connectivity index (χ0n) is 15.3. The number of anilines is 3. The number of nitrogens with zero attached hydrogens (tertiary/aromatic N) is 3. The van der Waals surface area contributed by atoms with Crippen LogP contribution in [0.5, 0.6) is 0 Å². The van der Waals surface area contributed by atoms with E-state index in [9.17, 15) is 0 Å². The molecule has 5 aromatic rings. The Morgan fingerprint density at radius 2 is 1.97 bits per heavy atom. The highest BCUT2D eigenvalue weighted by Gasteiger charge is 2.20. The van der Waals surface area contributed by atoms with Gasteiger partial charge in [0.1, 0.15) is 11.5 Å². The first-order chi connectivity index (χ1) is 14.2. The lowest BCUT2D eigenvalue weighted by molar-refractivity contribution is 1.11. The third-order valence-electron chi connectivity index (χ3n) is 5.13. The predicted molar refractivity (Wildman–Crippen MR) is 119 cm³/mol. The number of H-pyrrole nitrogens is 1. The molecule has 0 radical (unpaired) electrons. The normalized spacial score (nSPS) is 13.0. The van der Waals surface area contributed by atoms with Crippen LogP contribution in [0.2, 0.25) is 0 Å². The Morgan fingerprint density at radius 1 is 1.03 bits per heavy atom. The minimum absolute atomic E-state index is 0.233. The van der Waals surface area contributed by atoms with Crippen molar-refractivity contribution < 1.29 is 0 Å². The van der Waals surface area contributed by atoms with Gasteiger partial charge in [-0.05, 0) is 41.3 Å². The lowest BCUT2D eigenvalue weighted by Gasteiger charge is -2.10. The molecule has 0 aliphatic carbocycles. The second kappa shape index (κ2) is 6.15. The van der Waals surface area contributed by atoms with Crippen LogP contribution in [0.25, 0.3) is 21.1 Å². The molecule has 6 nitrogen and oxygen atoms in total. The van der Waals surface area contributed by atoms with Gasteiger partial charge in [-0.25, -0.2) is 0 Å². The van der Waals surface area contributed by atoms with Crippen LogP contribution in [0.1, 0.15) is 16.0 Å². The maximum Gasteiger partial charge on any atom is 0.224 e. The van der Waals surface area contributed by atoms with Crippen molar-refractivity contribution in [2.75, 3.05) is 11.1 Å². The van der Waals surface area contributed by atoms with Crippen molar-refractivity contribution in [3.05, 3.63) is 76.8 Å². The average Bonchev–Trinajstić information content (AvgIpc) is 3.44. The van der Waals surface area contributed by atoms with Gasteiger partial charge in [0, 0.05) is 22.1 Å². The third-order valence-corrected chi connectivity index (χ3v) is 6.25. The smallest absolute Gasteiger partial charge is 0.224 e. The highest BCUT2D eigenvalue weighted by Crippen LogP contribution is 2.33. The average molecular weight is 396 g/mol. The molecule has 4 N–H and O–H groups in total. The third kappa shape index (κ3) is 2.67. The fraction of sp³-hybridized carbons (Fsp3) is 0.0455. The van der Waals surface area contributed by atoms with Crippen LogP contribution >= 0.6 is 11.3 Å². The minimum atomic E-state index is 0.233. The maximum absolute atomic E-state index is 5.86. The predicted octanol–water partition coefficient (Wildman–Crippen LogP) is 4.85. The van der Waals surface area contributed by atoms with Crippen LogP contribution < -0.4 is 11.1 Å². The Balaban J connectivity index is 1.40. The van der Waals surface area contributed by atoms with Crippen molar-refractivity contribution in [2.45, 2.75) is 6.54 Å². The molecule has 0 amide bonds. The van der Waals surface area contributed by atoms with Crippen molar-refractivity contribution in [1.82, 2.24) is 15.0 Å². The van der Waals surface area contributed by atoms with Gasteiger partial charge in [-0.2, -0.15) is 9.97 Å². The van der Waals surface area contributed by atoms with Crippen LogP contribution in [0, 0.1) is 0 Å². The summed E-state index contributed by atoms with van der Waals surface area (Å²) in [6.45, 7) is 0.710. The van der Waals surface area contributed by atoms with Gasteiger partial charge in [0.05, 0.1) is 22.5 Å². The van der Waals surface area contributed by atoms with Gasteiger partial charge in [0.25, 0.3) is 0 Å². The van der Waals surface area contributed by atoms with E-state index in [4.69, 9.17) is 10.7 Å². The van der Waals surface area contributed by atoms with Crippen LogP contribution in [0.4, 0.5) is 17.5 Å². The fourth-order valence-electron chi connectivity index (χ4n) is 3.76. The Labute approximate surface area is 170 Å². The van der Waals surface area contributed by atoms with E-state index in [0.717, 1.165) is 22.3 Å². The molecule has 1 aliphatic rings. The number of rotatable bonds is 3. The molecular formula is C22H16N6S. The van der Waals surface area contributed by atoms with Gasteiger partial charge in [-0.1, -0.05) is 24.3 Å². The maximum atomic E-state index is 5.86. The Morgan fingerprint density at radius 3 is 2.90 bits per heavy atom. The van der Waals surface area contributed by atoms with E-state index in [-0.39, 0.29) is 5.95 Å². The van der Waals surface area contributed by atoms with E-state index in [1.165, 1.54) is 20.5 Å². The molecule has 1 aliphatic heterocycles. The van der Waals surface area contributed by atoms with Crippen molar-refractivity contribution in [2.24, 2.45) is 4.99 Å². The number of aliphatic imine (C=N–C) groups is 1. The molecule has 29 heavy (non-hydrogen) atoms. The van der Waals surface area contributed by atoms with Gasteiger partial charge in [-0.15, -0.1) is 11.3 Å². The number of hydrogen-bond donors (Lipinski definition) is 3. The molecule has 0 saturated carbocycles. The Bertz CT molecular complexity index is 1400. The van der Waals surface area contributed by atoms with Gasteiger partial charge in [-0.3, -0.25) is 4.99 Å². The molecule has 2 aromatic carbocycles. The molecular weight excluding hydrogens is 380 g/mol. The van der Waals surface area contributed by atoms with Crippen molar-refractivity contribution in [1.29, 1.82) is 0 Å². The van der Waals surface area contributed by atoms with E-state index in [0.29, 0.717) is 18.0 Å². The second-order valence-corrected chi connectivity index (χ2v) is 8.06. The molecule has 0 saturated heterocycles. The largest absolute Gasteiger partial charge is 0.368 e. The van der Waals surface area contributed by atoms with Crippen LogP contribution in [0.15, 0.2) is 65.8 Å². The van der Waals surface area contributed by atoms with E-state index in [2.05, 4.69) is 68.8 Å². The molecule has 7 heteroatoms. The number of thiophene rings is 1. The zero-order chi connectivity index (χ0) is 19.4. The second-order valence-electron chi connectivity index (χ2n) is 6.98. The first-order valence-electron chi connectivity index (χ1n) is 9.29.